The van der Waals surface area contributed by atoms with Crippen LogP contribution in [0.1, 0.15) is 12.7 Å². The van der Waals surface area contributed by atoms with Gasteiger partial charge in [-0.3, -0.25) is 4.79 Å². The molecule has 0 fully saturated rings. The van der Waals surface area contributed by atoms with Gasteiger partial charge < -0.3 is 9.84 Å². The molecule has 0 radical (unpaired) electrons. The Labute approximate surface area is 129 Å². The van der Waals surface area contributed by atoms with Crippen molar-refractivity contribution in [2.24, 2.45) is 0 Å². The molecule has 108 valence electrons. The molecule has 0 bridgehead atoms. The lowest BCUT2D eigenvalue weighted by atomic mass is 10.3. The fraction of sp³-hybridized carbons (Fsp3) is 0.214. The van der Waals surface area contributed by atoms with Crippen molar-refractivity contribution in [2.45, 2.75) is 23.4 Å². The molecule has 1 amide bonds. The lowest BCUT2D eigenvalue weighted by Gasteiger charge is -2.07. The monoisotopic (exact) mass is 319 g/mol. The van der Waals surface area contributed by atoms with Gasteiger partial charge in [-0.1, -0.05) is 29.1 Å². The van der Waals surface area contributed by atoms with Gasteiger partial charge in [-0.05, 0) is 26.0 Å². The molecule has 2 aromatic heterocycles. The average molecular weight is 319 g/mol. The highest BCUT2D eigenvalue weighted by molar-refractivity contribution is 8.02. The highest BCUT2D eigenvalue weighted by Crippen LogP contribution is 2.32. The predicted molar refractivity (Wildman–Crippen MR) is 84.8 cm³/mol. The molecule has 21 heavy (non-hydrogen) atoms. The second kappa shape index (κ2) is 5.87. The summed E-state index contributed by atoms with van der Waals surface area (Å²) in [6.45, 7) is 3.63. The molecule has 1 aromatic carbocycles. The van der Waals surface area contributed by atoms with Crippen LogP contribution < -0.4 is 5.32 Å². The van der Waals surface area contributed by atoms with Gasteiger partial charge in [-0.15, -0.1) is 11.3 Å². The Kier molecular flexibility index (Phi) is 3.94. The first kappa shape index (κ1) is 14.1. The number of para-hydroxylation sites is 1. The first-order chi connectivity index (χ1) is 10.1. The molecule has 1 unspecified atom stereocenters. The van der Waals surface area contributed by atoms with Gasteiger partial charge in [0.15, 0.2) is 10.2 Å². The van der Waals surface area contributed by atoms with E-state index >= 15 is 0 Å². The summed E-state index contributed by atoms with van der Waals surface area (Å²) in [6, 6.07) is 9.63. The molecule has 3 rings (SSSR count). The van der Waals surface area contributed by atoms with E-state index in [9.17, 15) is 4.79 Å². The third-order valence-electron chi connectivity index (χ3n) is 2.80. The Hall–Kier alpha value is -1.86. The topological polar surface area (TPSA) is 68.0 Å². The van der Waals surface area contributed by atoms with Crippen molar-refractivity contribution < 1.29 is 9.32 Å². The Morgan fingerprint density at radius 1 is 1.43 bits per heavy atom. The van der Waals surface area contributed by atoms with Crippen molar-refractivity contribution in [1.29, 1.82) is 0 Å². The second-order valence-corrected chi connectivity index (χ2v) is 7.14. The number of fused-ring (bicyclic) bond motifs is 1. The Bertz CT molecular complexity index is 748. The van der Waals surface area contributed by atoms with Gasteiger partial charge in [0.25, 0.3) is 0 Å². The van der Waals surface area contributed by atoms with Gasteiger partial charge in [0.05, 0.1) is 15.5 Å². The minimum atomic E-state index is -0.262. The van der Waals surface area contributed by atoms with Gasteiger partial charge in [-0.25, -0.2) is 4.98 Å². The normalized spacial score (nSPS) is 12.5. The maximum Gasteiger partial charge on any atom is 0.238 e. The molecule has 0 aliphatic carbocycles. The Balaban J connectivity index is 1.67. The summed E-state index contributed by atoms with van der Waals surface area (Å²) in [7, 11) is 0. The van der Waals surface area contributed by atoms with E-state index in [0.29, 0.717) is 11.6 Å². The smallest absolute Gasteiger partial charge is 0.238 e. The van der Waals surface area contributed by atoms with Gasteiger partial charge in [0.2, 0.25) is 5.91 Å². The van der Waals surface area contributed by atoms with E-state index in [2.05, 4.69) is 15.5 Å². The van der Waals surface area contributed by atoms with Crippen LogP contribution in [0.3, 0.4) is 0 Å². The van der Waals surface area contributed by atoms with E-state index < -0.39 is 0 Å². The molecular formula is C14H13N3O2S2. The molecule has 3 aromatic rings. The number of aryl methyl sites for hydroxylation is 1. The number of nitrogens with one attached hydrogen (secondary N) is 1. The van der Waals surface area contributed by atoms with Crippen molar-refractivity contribution in [3.8, 4) is 0 Å². The molecule has 0 saturated carbocycles. The lowest BCUT2D eigenvalue weighted by molar-refractivity contribution is -0.115. The zero-order valence-electron chi connectivity index (χ0n) is 11.5. The largest absolute Gasteiger partial charge is 0.360 e. The molecule has 0 aliphatic rings. The molecule has 0 spiro atoms. The molecular weight excluding hydrogens is 306 g/mol. The van der Waals surface area contributed by atoms with Crippen molar-refractivity contribution in [3.63, 3.8) is 0 Å². The molecule has 5 nitrogen and oxygen atoms in total. The van der Waals surface area contributed by atoms with Crippen LogP contribution in [-0.2, 0) is 4.79 Å². The van der Waals surface area contributed by atoms with Crippen LogP contribution in [0.2, 0.25) is 0 Å². The summed E-state index contributed by atoms with van der Waals surface area (Å²) in [5.41, 5.74) is 0.963. The van der Waals surface area contributed by atoms with Crippen LogP contribution >= 0.6 is 23.1 Å². The Morgan fingerprint density at radius 2 is 2.24 bits per heavy atom. The molecule has 0 aliphatic heterocycles. The number of nitrogens with zero attached hydrogens (tertiary/aromatic N) is 2. The molecule has 0 saturated heterocycles. The highest BCUT2D eigenvalue weighted by atomic mass is 32.2. The fourth-order valence-electron chi connectivity index (χ4n) is 1.76. The molecule has 1 atom stereocenters. The van der Waals surface area contributed by atoms with E-state index in [1.807, 2.05) is 31.2 Å². The number of hydrogen-bond acceptors (Lipinski definition) is 6. The maximum atomic E-state index is 12.1. The van der Waals surface area contributed by atoms with E-state index in [1.54, 1.807) is 24.3 Å². The Morgan fingerprint density at radius 3 is 2.95 bits per heavy atom. The highest BCUT2D eigenvalue weighted by Gasteiger charge is 2.18. The van der Waals surface area contributed by atoms with Crippen LogP contribution in [0.5, 0.6) is 0 Å². The van der Waals surface area contributed by atoms with Gasteiger partial charge in [0.1, 0.15) is 5.76 Å². The number of thioether (sulfide) groups is 1. The molecule has 1 N–H and O–H groups in total. The number of anilines is 1. The van der Waals surface area contributed by atoms with Crippen molar-refractivity contribution in [1.82, 2.24) is 10.1 Å². The molecule has 7 heteroatoms. The van der Waals surface area contributed by atoms with Crippen molar-refractivity contribution >= 4 is 45.0 Å². The first-order valence-electron chi connectivity index (χ1n) is 6.38. The quantitative estimate of drug-likeness (QED) is 0.742. The van der Waals surface area contributed by atoms with Gasteiger partial charge in [-0.2, -0.15) is 0 Å². The van der Waals surface area contributed by atoms with Crippen LogP contribution in [0.15, 0.2) is 39.2 Å². The SMILES string of the molecule is Cc1cc(NC(=O)C(C)Sc2nc3ccccc3s2)no1. The average Bonchev–Trinajstić information content (AvgIpc) is 3.04. The predicted octanol–water partition coefficient (Wildman–Crippen LogP) is 3.71. The lowest BCUT2D eigenvalue weighted by Crippen LogP contribution is -2.22. The number of aromatic nitrogens is 2. The number of thiazole rings is 1. The van der Waals surface area contributed by atoms with Gasteiger partial charge in [0, 0.05) is 6.07 Å². The summed E-state index contributed by atoms with van der Waals surface area (Å²) in [5, 5.41) is 6.22. The zero-order chi connectivity index (χ0) is 14.8. The van der Waals surface area contributed by atoms with Crippen LogP contribution in [0.25, 0.3) is 10.2 Å². The zero-order valence-corrected chi connectivity index (χ0v) is 13.1. The van der Waals surface area contributed by atoms with E-state index in [-0.39, 0.29) is 11.2 Å². The fourth-order valence-corrected chi connectivity index (χ4v) is 3.97. The number of carbonyl (C=O) groups excluding carboxylic acids is 1. The summed E-state index contributed by atoms with van der Waals surface area (Å²) in [6.07, 6.45) is 0. The standard InChI is InChI=1S/C14H13N3O2S2/c1-8-7-12(17-19-8)16-13(18)9(2)20-14-15-10-5-3-4-6-11(10)21-14/h3-7,9H,1-2H3,(H,16,17,18). The number of carbonyl (C=O) groups is 1. The van der Waals surface area contributed by atoms with Crippen LogP contribution in [0.4, 0.5) is 5.82 Å². The first-order valence-corrected chi connectivity index (χ1v) is 8.08. The third-order valence-corrected chi connectivity index (χ3v) is 5.03. The maximum absolute atomic E-state index is 12.1. The van der Waals surface area contributed by atoms with Crippen molar-refractivity contribution in [2.75, 3.05) is 5.32 Å². The second-order valence-electron chi connectivity index (χ2n) is 4.52. The minimum Gasteiger partial charge on any atom is -0.360 e. The summed E-state index contributed by atoms with van der Waals surface area (Å²) in [4.78, 5) is 16.6. The van der Waals surface area contributed by atoms with Gasteiger partial charge >= 0.3 is 0 Å². The summed E-state index contributed by atoms with van der Waals surface area (Å²) in [5.74, 6) is 0.985. The van der Waals surface area contributed by atoms with E-state index in [4.69, 9.17) is 4.52 Å². The number of rotatable bonds is 4. The minimum absolute atomic E-state index is 0.118. The third kappa shape index (κ3) is 3.25. The van der Waals surface area contributed by atoms with Crippen LogP contribution in [0, 0.1) is 6.92 Å². The number of hydrogen-bond donors (Lipinski definition) is 1. The number of amides is 1. The van der Waals surface area contributed by atoms with E-state index in [1.165, 1.54) is 11.8 Å². The summed E-state index contributed by atoms with van der Waals surface area (Å²) >= 11 is 3.03. The van der Waals surface area contributed by atoms with Crippen LogP contribution in [-0.4, -0.2) is 21.3 Å². The summed E-state index contributed by atoms with van der Waals surface area (Å²) < 4.78 is 6.93. The van der Waals surface area contributed by atoms with Crippen molar-refractivity contribution in [3.05, 3.63) is 36.1 Å². The van der Waals surface area contributed by atoms with E-state index in [0.717, 1.165) is 14.6 Å². The number of benzene rings is 1. The molecule has 2 heterocycles.